The Kier molecular flexibility index (Phi) is 3.44. The molecule has 3 aromatic rings. The number of pyridine rings is 2. The molecule has 2 aromatic heterocycles. The standard InChI is InChI=1S/C17H16N2O2/c1-3-11-10-14(12-6-4-9-19-17(12)20)15-13(16(11)21-2)7-5-8-18-15/h4-10H,3H2,1-2H3,(H,19,20). The Morgan fingerprint density at radius 2 is 2.10 bits per heavy atom. The number of aromatic nitrogens is 2. The molecule has 1 N–H and O–H groups in total. The maximum absolute atomic E-state index is 12.1. The van der Waals surface area contributed by atoms with E-state index in [0.29, 0.717) is 5.56 Å². The summed E-state index contributed by atoms with van der Waals surface area (Å²) in [7, 11) is 1.66. The van der Waals surface area contributed by atoms with Crippen LogP contribution in [0.15, 0.2) is 47.5 Å². The zero-order valence-electron chi connectivity index (χ0n) is 12.0. The monoisotopic (exact) mass is 280 g/mol. The van der Waals surface area contributed by atoms with E-state index in [0.717, 1.165) is 34.2 Å². The molecular formula is C17H16N2O2. The predicted octanol–water partition coefficient (Wildman–Crippen LogP) is 3.16. The molecule has 4 heteroatoms. The molecule has 1 aromatic carbocycles. The van der Waals surface area contributed by atoms with Crippen LogP contribution in [0.2, 0.25) is 0 Å². The third-order valence-corrected chi connectivity index (χ3v) is 3.61. The fraction of sp³-hybridized carbons (Fsp3) is 0.176. The Balaban J connectivity index is 2.44. The van der Waals surface area contributed by atoms with Crippen LogP contribution in [0.1, 0.15) is 12.5 Å². The van der Waals surface area contributed by atoms with Crippen LogP contribution in [0.4, 0.5) is 0 Å². The van der Waals surface area contributed by atoms with Gasteiger partial charge < -0.3 is 9.72 Å². The number of fused-ring (bicyclic) bond motifs is 1. The van der Waals surface area contributed by atoms with Crippen LogP contribution < -0.4 is 10.3 Å². The van der Waals surface area contributed by atoms with Crippen molar-refractivity contribution in [2.45, 2.75) is 13.3 Å². The molecule has 0 radical (unpaired) electrons. The van der Waals surface area contributed by atoms with E-state index in [2.05, 4.69) is 16.9 Å². The molecule has 3 rings (SSSR count). The number of ether oxygens (including phenoxy) is 1. The minimum absolute atomic E-state index is 0.114. The summed E-state index contributed by atoms with van der Waals surface area (Å²) < 4.78 is 5.54. The van der Waals surface area contributed by atoms with Gasteiger partial charge in [-0.25, -0.2) is 0 Å². The predicted molar refractivity (Wildman–Crippen MR) is 83.7 cm³/mol. The number of methoxy groups -OCH3 is 1. The van der Waals surface area contributed by atoms with Gasteiger partial charge in [0.2, 0.25) is 0 Å². The van der Waals surface area contributed by atoms with Gasteiger partial charge in [0.1, 0.15) is 5.75 Å². The number of nitrogens with one attached hydrogen (secondary N) is 1. The van der Waals surface area contributed by atoms with Gasteiger partial charge in [-0.1, -0.05) is 6.92 Å². The van der Waals surface area contributed by atoms with Crippen LogP contribution in [0, 0.1) is 0 Å². The number of nitrogens with zero attached hydrogens (tertiary/aromatic N) is 1. The maximum Gasteiger partial charge on any atom is 0.255 e. The van der Waals surface area contributed by atoms with Gasteiger partial charge in [-0.3, -0.25) is 9.78 Å². The molecule has 106 valence electrons. The normalized spacial score (nSPS) is 10.8. The zero-order valence-corrected chi connectivity index (χ0v) is 12.0. The molecule has 4 nitrogen and oxygen atoms in total. The van der Waals surface area contributed by atoms with Crippen LogP contribution in [-0.4, -0.2) is 17.1 Å². The van der Waals surface area contributed by atoms with Crippen LogP contribution in [0.25, 0.3) is 22.0 Å². The molecule has 0 fully saturated rings. The second kappa shape index (κ2) is 5.40. The second-order valence-corrected chi connectivity index (χ2v) is 4.78. The van der Waals surface area contributed by atoms with Crippen LogP contribution in [-0.2, 0) is 6.42 Å². The molecule has 0 saturated carbocycles. The summed E-state index contributed by atoms with van der Waals surface area (Å²) in [6, 6.07) is 9.48. The molecule has 21 heavy (non-hydrogen) atoms. The number of H-pyrrole nitrogens is 1. The Morgan fingerprint density at radius 1 is 1.24 bits per heavy atom. The fourth-order valence-corrected chi connectivity index (χ4v) is 2.63. The molecule has 0 saturated heterocycles. The highest BCUT2D eigenvalue weighted by Gasteiger charge is 2.15. The van der Waals surface area contributed by atoms with E-state index >= 15 is 0 Å². The summed E-state index contributed by atoms with van der Waals surface area (Å²) in [5.41, 5.74) is 3.19. The van der Waals surface area contributed by atoms with E-state index in [1.165, 1.54) is 0 Å². The van der Waals surface area contributed by atoms with Gasteiger partial charge in [0.15, 0.2) is 0 Å². The first-order chi connectivity index (χ1) is 10.3. The number of hydrogen-bond acceptors (Lipinski definition) is 3. The second-order valence-electron chi connectivity index (χ2n) is 4.78. The van der Waals surface area contributed by atoms with E-state index in [1.807, 2.05) is 30.3 Å². The molecule has 0 spiro atoms. The Morgan fingerprint density at radius 3 is 2.81 bits per heavy atom. The van der Waals surface area contributed by atoms with Gasteiger partial charge in [0, 0.05) is 28.9 Å². The molecule has 0 aliphatic carbocycles. The number of aryl methyl sites for hydroxylation is 1. The topological polar surface area (TPSA) is 55.0 Å². The average molecular weight is 280 g/mol. The molecule has 0 aliphatic heterocycles. The summed E-state index contributed by atoms with van der Waals surface area (Å²) in [6.07, 6.45) is 4.19. The van der Waals surface area contributed by atoms with Crippen LogP contribution >= 0.6 is 0 Å². The van der Waals surface area contributed by atoms with Crippen molar-refractivity contribution in [3.8, 4) is 16.9 Å². The first kappa shape index (κ1) is 13.4. The number of aromatic amines is 1. The summed E-state index contributed by atoms with van der Waals surface area (Å²) in [4.78, 5) is 19.3. The van der Waals surface area contributed by atoms with Crippen molar-refractivity contribution < 1.29 is 4.74 Å². The quantitative estimate of drug-likeness (QED) is 0.801. The van der Waals surface area contributed by atoms with Crippen molar-refractivity contribution in [2.75, 3.05) is 7.11 Å². The number of rotatable bonds is 3. The molecule has 0 unspecified atom stereocenters. The Hall–Kier alpha value is -2.62. The minimum Gasteiger partial charge on any atom is -0.496 e. The third kappa shape index (κ3) is 2.18. The first-order valence-electron chi connectivity index (χ1n) is 6.89. The van der Waals surface area contributed by atoms with Crippen molar-refractivity contribution in [1.82, 2.24) is 9.97 Å². The summed E-state index contributed by atoms with van der Waals surface area (Å²) in [5, 5.41) is 0.928. The lowest BCUT2D eigenvalue weighted by molar-refractivity contribution is 0.415. The largest absolute Gasteiger partial charge is 0.496 e. The Bertz CT molecular complexity index is 853. The van der Waals surface area contributed by atoms with Crippen LogP contribution in [0.5, 0.6) is 5.75 Å². The van der Waals surface area contributed by atoms with Gasteiger partial charge in [0.05, 0.1) is 12.6 Å². The maximum atomic E-state index is 12.1. The lowest BCUT2D eigenvalue weighted by Gasteiger charge is -2.14. The van der Waals surface area contributed by atoms with Gasteiger partial charge in [-0.15, -0.1) is 0 Å². The summed E-state index contributed by atoms with van der Waals surface area (Å²) in [6.45, 7) is 2.07. The van der Waals surface area contributed by atoms with Gasteiger partial charge in [0.25, 0.3) is 5.56 Å². The smallest absolute Gasteiger partial charge is 0.255 e. The molecule has 2 heterocycles. The Labute approximate surface area is 122 Å². The first-order valence-corrected chi connectivity index (χ1v) is 6.89. The van der Waals surface area contributed by atoms with Crippen LogP contribution in [0.3, 0.4) is 0 Å². The molecule has 0 aliphatic rings. The SMILES string of the molecule is CCc1cc(-c2ccc[nH]c2=O)c2ncccc2c1OC. The van der Waals surface area contributed by atoms with E-state index in [4.69, 9.17) is 4.74 Å². The summed E-state index contributed by atoms with van der Waals surface area (Å²) in [5.74, 6) is 0.830. The van der Waals surface area contributed by atoms with Crippen molar-refractivity contribution in [1.29, 1.82) is 0 Å². The van der Waals surface area contributed by atoms with Crippen molar-refractivity contribution in [3.63, 3.8) is 0 Å². The number of hydrogen-bond donors (Lipinski definition) is 1. The van der Waals surface area contributed by atoms with E-state index in [-0.39, 0.29) is 5.56 Å². The highest BCUT2D eigenvalue weighted by molar-refractivity contribution is 5.98. The highest BCUT2D eigenvalue weighted by atomic mass is 16.5. The van der Waals surface area contributed by atoms with Crippen molar-refractivity contribution in [2.24, 2.45) is 0 Å². The van der Waals surface area contributed by atoms with Gasteiger partial charge >= 0.3 is 0 Å². The fourth-order valence-electron chi connectivity index (χ4n) is 2.63. The number of benzene rings is 1. The average Bonchev–Trinajstić information content (AvgIpc) is 2.54. The molecule has 0 bridgehead atoms. The molecular weight excluding hydrogens is 264 g/mol. The zero-order chi connectivity index (χ0) is 14.8. The summed E-state index contributed by atoms with van der Waals surface area (Å²) >= 11 is 0. The van der Waals surface area contributed by atoms with E-state index in [1.54, 1.807) is 19.5 Å². The molecule has 0 atom stereocenters. The minimum atomic E-state index is -0.114. The lowest BCUT2D eigenvalue weighted by Crippen LogP contribution is -2.08. The van der Waals surface area contributed by atoms with E-state index < -0.39 is 0 Å². The van der Waals surface area contributed by atoms with E-state index in [9.17, 15) is 4.79 Å². The lowest BCUT2D eigenvalue weighted by atomic mass is 9.97. The highest BCUT2D eigenvalue weighted by Crippen LogP contribution is 2.35. The van der Waals surface area contributed by atoms with Crippen molar-refractivity contribution in [3.05, 3.63) is 58.6 Å². The van der Waals surface area contributed by atoms with Gasteiger partial charge in [-0.05, 0) is 42.3 Å². The van der Waals surface area contributed by atoms with Gasteiger partial charge in [-0.2, -0.15) is 0 Å². The van der Waals surface area contributed by atoms with Crippen molar-refractivity contribution >= 4 is 10.9 Å². The third-order valence-electron chi connectivity index (χ3n) is 3.61. The molecule has 0 amide bonds.